The molecule has 56 valence electrons. The standard InChI is InChI=1S/C6H9NO2S/c1-3-4(2)10-6(9)7-5(3)8/h3-4H,1-2H3,(H,7,8,9)/t3?,4-/m1/s1. The number of carbonyl (C=O) groups excluding carboxylic acids is 2. The van der Waals surface area contributed by atoms with Crippen LogP contribution < -0.4 is 5.32 Å². The molecule has 0 aromatic carbocycles. The highest BCUT2D eigenvalue weighted by Gasteiger charge is 2.29. The lowest BCUT2D eigenvalue weighted by Gasteiger charge is -2.22. The molecule has 1 N–H and O–H groups in total. The van der Waals surface area contributed by atoms with Crippen LogP contribution in [0.25, 0.3) is 0 Å². The third-order valence-corrected chi connectivity index (χ3v) is 2.73. The Morgan fingerprint density at radius 2 is 2.00 bits per heavy atom. The molecular weight excluding hydrogens is 150 g/mol. The van der Waals surface area contributed by atoms with E-state index in [1.807, 2.05) is 13.8 Å². The zero-order valence-corrected chi connectivity index (χ0v) is 6.70. The largest absolute Gasteiger partial charge is 0.287 e. The Hall–Kier alpha value is -0.510. The number of rotatable bonds is 0. The maximum Gasteiger partial charge on any atom is 0.285 e. The third-order valence-electron chi connectivity index (χ3n) is 1.64. The topological polar surface area (TPSA) is 46.2 Å². The molecule has 1 fully saturated rings. The molecule has 1 saturated heterocycles. The molecule has 1 rings (SSSR count). The van der Waals surface area contributed by atoms with Crippen molar-refractivity contribution < 1.29 is 9.59 Å². The van der Waals surface area contributed by atoms with Crippen LogP contribution in [0.1, 0.15) is 13.8 Å². The molecule has 4 heteroatoms. The van der Waals surface area contributed by atoms with Crippen LogP contribution in [0, 0.1) is 5.92 Å². The Morgan fingerprint density at radius 1 is 1.40 bits per heavy atom. The van der Waals surface area contributed by atoms with Gasteiger partial charge in [0.25, 0.3) is 5.24 Å². The molecule has 0 saturated carbocycles. The Labute approximate surface area is 63.6 Å². The predicted molar refractivity (Wildman–Crippen MR) is 39.8 cm³/mol. The predicted octanol–water partition coefficient (Wildman–Crippen LogP) is 0.994. The van der Waals surface area contributed by atoms with E-state index in [0.717, 1.165) is 0 Å². The van der Waals surface area contributed by atoms with Crippen LogP contribution in [0.5, 0.6) is 0 Å². The molecule has 1 aliphatic rings. The van der Waals surface area contributed by atoms with Crippen molar-refractivity contribution >= 4 is 22.9 Å². The maximum atomic E-state index is 10.9. The number of carbonyl (C=O) groups is 2. The van der Waals surface area contributed by atoms with Crippen molar-refractivity contribution in [3.63, 3.8) is 0 Å². The second-order valence-corrected chi connectivity index (χ2v) is 3.74. The molecular formula is C6H9NO2S. The SMILES string of the molecule is CC1C(=O)NC(=O)S[C@@H]1C. The van der Waals surface area contributed by atoms with E-state index in [1.165, 1.54) is 11.8 Å². The quantitative estimate of drug-likeness (QED) is 0.573. The summed E-state index contributed by atoms with van der Waals surface area (Å²) in [4.78, 5) is 21.5. The summed E-state index contributed by atoms with van der Waals surface area (Å²) in [6, 6.07) is 0. The summed E-state index contributed by atoms with van der Waals surface area (Å²) in [5.74, 6) is -0.209. The van der Waals surface area contributed by atoms with Crippen molar-refractivity contribution in [2.24, 2.45) is 5.92 Å². The first kappa shape index (κ1) is 7.60. The van der Waals surface area contributed by atoms with Crippen LogP contribution in [0.15, 0.2) is 0 Å². The average Bonchev–Trinajstić information content (AvgIpc) is 1.82. The molecule has 2 amide bonds. The summed E-state index contributed by atoms with van der Waals surface area (Å²) in [7, 11) is 0. The van der Waals surface area contributed by atoms with Crippen molar-refractivity contribution in [1.29, 1.82) is 0 Å². The van der Waals surface area contributed by atoms with Gasteiger partial charge in [0, 0.05) is 11.2 Å². The van der Waals surface area contributed by atoms with Gasteiger partial charge in [-0.05, 0) is 0 Å². The van der Waals surface area contributed by atoms with Crippen LogP contribution in [0.3, 0.4) is 0 Å². The summed E-state index contributed by atoms with van der Waals surface area (Å²) in [6.07, 6.45) is 0. The minimum absolute atomic E-state index is 0.0531. The minimum atomic E-state index is -0.226. The highest BCUT2D eigenvalue weighted by Crippen LogP contribution is 2.23. The van der Waals surface area contributed by atoms with Gasteiger partial charge in [-0.1, -0.05) is 25.6 Å². The zero-order chi connectivity index (χ0) is 7.72. The van der Waals surface area contributed by atoms with Crippen molar-refractivity contribution in [1.82, 2.24) is 5.32 Å². The monoisotopic (exact) mass is 159 g/mol. The first-order valence-electron chi connectivity index (χ1n) is 3.12. The van der Waals surface area contributed by atoms with Crippen LogP contribution in [-0.2, 0) is 4.79 Å². The van der Waals surface area contributed by atoms with Crippen LogP contribution in [0.2, 0.25) is 0 Å². The third kappa shape index (κ3) is 1.31. The Bertz CT molecular complexity index is 181. The maximum absolute atomic E-state index is 10.9. The molecule has 10 heavy (non-hydrogen) atoms. The lowest BCUT2D eigenvalue weighted by atomic mass is 10.1. The lowest BCUT2D eigenvalue weighted by molar-refractivity contribution is -0.123. The van der Waals surface area contributed by atoms with Gasteiger partial charge in [0.15, 0.2) is 0 Å². The van der Waals surface area contributed by atoms with Gasteiger partial charge in [0.05, 0.1) is 0 Å². The van der Waals surface area contributed by atoms with E-state index < -0.39 is 0 Å². The second kappa shape index (κ2) is 2.62. The average molecular weight is 159 g/mol. The lowest BCUT2D eigenvalue weighted by Crippen LogP contribution is -2.41. The summed E-state index contributed by atoms with van der Waals surface area (Å²) in [6.45, 7) is 3.70. The normalized spacial score (nSPS) is 33.8. The van der Waals surface area contributed by atoms with Gasteiger partial charge in [-0.25, -0.2) is 0 Å². The Balaban J connectivity index is 2.66. The fourth-order valence-electron chi connectivity index (χ4n) is 0.728. The highest BCUT2D eigenvalue weighted by atomic mass is 32.2. The van der Waals surface area contributed by atoms with Crippen molar-refractivity contribution in [2.75, 3.05) is 0 Å². The molecule has 3 nitrogen and oxygen atoms in total. The van der Waals surface area contributed by atoms with Gasteiger partial charge in [0.1, 0.15) is 0 Å². The number of hydrogen-bond acceptors (Lipinski definition) is 3. The minimum Gasteiger partial charge on any atom is -0.287 e. The van der Waals surface area contributed by atoms with Crippen molar-refractivity contribution in [3.05, 3.63) is 0 Å². The summed E-state index contributed by atoms with van der Waals surface area (Å²) < 4.78 is 0. The van der Waals surface area contributed by atoms with Crippen LogP contribution in [-0.4, -0.2) is 16.4 Å². The highest BCUT2D eigenvalue weighted by molar-refractivity contribution is 8.14. The van der Waals surface area contributed by atoms with Crippen LogP contribution in [0.4, 0.5) is 4.79 Å². The van der Waals surface area contributed by atoms with Gasteiger partial charge in [-0.15, -0.1) is 0 Å². The van der Waals surface area contributed by atoms with Crippen LogP contribution >= 0.6 is 11.8 Å². The van der Waals surface area contributed by atoms with E-state index in [4.69, 9.17) is 0 Å². The molecule has 1 unspecified atom stereocenters. The molecule has 0 aromatic rings. The first-order chi connectivity index (χ1) is 4.61. The van der Waals surface area contributed by atoms with Gasteiger partial charge in [0.2, 0.25) is 5.91 Å². The summed E-state index contributed by atoms with van der Waals surface area (Å²) in [5.41, 5.74) is 0. The van der Waals surface area contributed by atoms with E-state index in [-0.39, 0.29) is 22.3 Å². The van der Waals surface area contributed by atoms with E-state index in [0.29, 0.717) is 0 Å². The van der Waals surface area contributed by atoms with E-state index in [1.54, 1.807) is 0 Å². The number of nitrogens with one attached hydrogen (secondary N) is 1. The van der Waals surface area contributed by atoms with E-state index in [9.17, 15) is 9.59 Å². The molecule has 0 spiro atoms. The molecule has 2 atom stereocenters. The number of imide groups is 1. The fraction of sp³-hybridized carbons (Fsp3) is 0.667. The second-order valence-electron chi connectivity index (χ2n) is 2.39. The molecule has 1 aliphatic heterocycles. The van der Waals surface area contributed by atoms with Gasteiger partial charge >= 0.3 is 0 Å². The number of thioether (sulfide) groups is 1. The Morgan fingerprint density at radius 3 is 2.50 bits per heavy atom. The summed E-state index contributed by atoms with van der Waals surface area (Å²) in [5, 5.41) is 2.13. The number of amides is 2. The first-order valence-corrected chi connectivity index (χ1v) is 4.00. The molecule has 0 aromatic heterocycles. The molecule has 1 heterocycles. The van der Waals surface area contributed by atoms with Crippen molar-refractivity contribution in [2.45, 2.75) is 19.1 Å². The Kier molecular flexibility index (Phi) is 1.99. The molecule has 0 aliphatic carbocycles. The zero-order valence-electron chi connectivity index (χ0n) is 5.88. The smallest absolute Gasteiger partial charge is 0.285 e. The van der Waals surface area contributed by atoms with Gasteiger partial charge < -0.3 is 0 Å². The van der Waals surface area contributed by atoms with E-state index in [2.05, 4.69) is 5.32 Å². The molecule has 0 bridgehead atoms. The van der Waals surface area contributed by atoms with Gasteiger partial charge in [-0.2, -0.15) is 0 Å². The molecule has 0 radical (unpaired) electrons. The summed E-state index contributed by atoms with van der Waals surface area (Å²) >= 11 is 1.18. The van der Waals surface area contributed by atoms with E-state index >= 15 is 0 Å². The number of hydrogen-bond donors (Lipinski definition) is 1. The van der Waals surface area contributed by atoms with Crippen molar-refractivity contribution in [3.8, 4) is 0 Å². The van der Waals surface area contributed by atoms with Gasteiger partial charge in [-0.3, -0.25) is 14.9 Å². The fourth-order valence-corrected chi connectivity index (χ4v) is 1.55.